The van der Waals surface area contributed by atoms with E-state index in [1.165, 1.54) is 0 Å². The van der Waals surface area contributed by atoms with Gasteiger partial charge in [0.15, 0.2) is 0 Å². The van der Waals surface area contributed by atoms with Crippen molar-refractivity contribution >= 4 is 16.8 Å². The highest BCUT2D eigenvalue weighted by Crippen LogP contribution is 2.15. The SMILES string of the molecule is NCCOCCNC(=O)c1ccnc2ccccc12. The first-order valence-corrected chi connectivity index (χ1v) is 6.22. The Balaban J connectivity index is 2.01. The molecule has 0 aliphatic carbocycles. The van der Waals surface area contributed by atoms with Crippen LogP contribution in [-0.4, -0.2) is 37.2 Å². The monoisotopic (exact) mass is 259 g/mol. The van der Waals surface area contributed by atoms with Gasteiger partial charge < -0.3 is 15.8 Å². The molecule has 1 heterocycles. The minimum Gasteiger partial charge on any atom is -0.378 e. The summed E-state index contributed by atoms with van der Waals surface area (Å²) in [6.07, 6.45) is 1.64. The summed E-state index contributed by atoms with van der Waals surface area (Å²) in [4.78, 5) is 16.3. The summed E-state index contributed by atoms with van der Waals surface area (Å²) < 4.78 is 5.20. The van der Waals surface area contributed by atoms with Gasteiger partial charge in [0.1, 0.15) is 0 Å². The molecule has 100 valence electrons. The number of rotatable bonds is 6. The normalized spacial score (nSPS) is 10.6. The predicted molar refractivity (Wildman–Crippen MR) is 73.9 cm³/mol. The number of nitrogens with one attached hydrogen (secondary N) is 1. The van der Waals surface area contributed by atoms with Crippen LogP contribution in [0.5, 0.6) is 0 Å². The first kappa shape index (κ1) is 13.5. The number of carbonyl (C=O) groups is 1. The highest BCUT2D eigenvalue weighted by molar-refractivity contribution is 6.05. The van der Waals surface area contributed by atoms with Crippen molar-refractivity contribution in [2.45, 2.75) is 0 Å². The molecule has 5 nitrogen and oxygen atoms in total. The predicted octanol–water partition coefficient (Wildman–Crippen LogP) is 0.940. The van der Waals surface area contributed by atoms with E-state index in [2.05, 4.69) is 10.3 Å². The van der Waals surface area contributed by atoms with Gasteiger partial charge in [-0.3, -0.25) is 9.78 Å². The van der Waals surface area contributed by atoms with E-state index in [0.29, 0.717) is 31.9 Å². The molecule has 0 atom stereocenters. The number of hydrogen-bond acceptors (Lipinski definition) is 4. The van der Waals surface area contributed by atoms with Crippen LogP contribution in [-0.2, 0) is 4.74 Å². The Labute approximate surface area is 111 Å². The van der Waals surface area contributed by atoms with Gasteiger partial charge in [-0.05, 0) is 12.1 Å². The molecule has 2 rings (SSSR count). The van der Waals surface area contributed by atoms with Gasteiger partial charge in [-0.15, -0.1) is 0 Å². The fraction of sp³-hybridized carbons (Fsp3) is 0.286. The zero-order valence-corrected chi connectivity index (χ0v) is 10.6. The standard InChI is InChI=1S/C14H17N3O2/c15-6-9-19-10-8-17-14(18)12-5-7-16-13-4-2-1-3-11(12)13/h1-5,7H,6,8-10,15H2,(H,17,18). The Kier molecular flexibility index (Phi) is 4.83. The van der Waals surface area contributed by atoms with Crippen LogP contribution in [0.4, 0.5) is 0 Å². The van der Waals surface area contributed by atoms with Crippen molar-refractivity contribution in [1.82, 2.24) is 10.3 Å². The van der Waals surface area contributed by atoms with Gasteiger partial charge in [0.25, 0.3) is 5.91 Å². The van der Waals surface area contributed by atoms with E-state index < -0.39 is 0 Å². The van der Waals surface area contributed by atoms with Gasteiger partial charge in [-0.2, -0.15) is 0 Å². The van der Waals surface area contributed by atoms with Crippen LogP contribution in [0.3, 0.4) is 0 Å². The molecule has 0 saturated heterocycles. The van der Waals surface area contributed by atoms with Gasteiger partial charge in [0.05, 0.1) is 24.3 Å². The minimum absolute atomic E-state index is 0.116. The Bertz CT molecular complexity index is 552. The lowest BCUT2D eigenvalue weighted by molar-refractivity contribution is 0.0921. The van der Waals surface area contributed by atoms with Gasteiger partial charge in [-0.1, -0.05) is 18.2 Å². The van der Waals surface area contributed by atoms with Crippen LogP contribution in [0, 0.1) is 0 Å². The van der Waals surface area contributed by atoms with Crippen LogP contribution in [0.25, 0.3) is 10.9 Å². The molecule has 1 aromatic carbocycles. The fourth-order valence-corrected chi connectivity index (χ4v) is 1.81. The molecular formula is C14H17N3O2. The zero-order valence-electron chi connectivity index (χ0n) is 10.6. The average Bonchev–Trinajstić information content (AvgIpc) is 2.46. The first-order chi connectivity index (χ1) is 9.33. The van der Waals surface area contributed by atoms with Crippen molar-refractivity contribution in [3.8, 4) is 0 Å². The second kappa shape index (κ2) is 6.82. The van der Waals surface area contributed by atoms with Gasteiger partial charge in [0.2, 0.25) is 0 Å². The van der Waals surface area contributed by atoms with Crippen molar-refractivity contribution < 1.29 is 9.53 Å². The number of benzene rings is 1. The van der Waals surface area contributed by atoms with E-state index in [-0.39, 0.29) is 5.91 Å². The zero-order chi connectivity index (χ0) is 13.5. The maximum Gasteiger partial charge on any atom is 0.252 e. The van der Waals surface area contributed by atoms with Crippen molar-refractivity contribution in [2.75, 3.05) is 26.3 Å². The Hall–Kier alpha value is -1.98. The average molecular weight is 259 g/mol. The molecule has 0 bridgehead atoms. The number of amides is 1. The van der Waals surface area contributed by atoms with E-state index in [0.717, 1.165) is 10.9 Å². The van der Waals surface area contributed by atoms with Crippen molar-refractivity contribution in [1.29, 1.82) is 0 Å². The second-order valence-electron chi connectivity index (χ2n) is 4.03. The van der Waals surface area contributed by atoms with Crippen molar-refractivity contribution in [2.24, 2.45) is 5.73 Å². The summed E-state index contributed by atoms with van der Waals surface area (Å²) in [7, 11) is 0. The summed E-state index contributed by atoms with van der Waals surface area (Å²) in [5.74, 6) is -0.116. The molecule has 0 saturated carbocycles. The Morgan fingerprint density at radius 3 is 2.95 bits per heavy atom. The Morgan fingerprint density at radius 2 is 2.11 bits per heavy atom. The Morgan fingerprint density at radius 1 is 1.26 bits per heavy atom. The fourth-order valence-electron chi connectivity index (χ4n) is 1.81. The molecule has 1 aromatic heterocycles. The highest BCUT2D eigenvalue weighted by Gasteiger charge is 2.09. The van der Waals surface area contributed by atoms with Crippen LogP contribution in [0.2, 0.25) is 0 Å². The van der Waals surface area contributed by atoms with Gasteiger partial charge in [-0.25, -0.2) is 0 Å². The van der Waals surface area contributed by atoms with Crippen LogP contribution in [0.1, 0.15) is 10.4 Å². The molecule has 0 aliphatic heterocycles. The molecule has 0 aliphatic rings. The number of fused-ring (bicyclic) bond motifs is 1. The van der Waals surface area contributed by atoms with Crippen LogP contribution in [0.15, 0.2) is 36.5 Å². The quantitative estimate of drug-likeness (QED) is 0.757. The molecule has 0 fully saturated rings. The number of para-hydroxylation sites is 1. The molecule has 3 N–H and O–H groups in total. The number of nitrogens with two attached hydrogens (primary N) is 1. The first-order valence-electron chi connectivity index (χ1n) is 6.22. The van der Waals surface area contributed by atoms with E-state index in [9.17, 15) is 4.79 Å². The molecule has 2 aromatic rings. The molecular weight excluding hydrogens is 242 g/mol. The maximum absolute atomic E-state index is 12.1. The highest BCUT2D eigenvalue weighted by atomic mass is 16.5. The lowest BCUT2D eigenvalue weighted by Gasteiger charge is -2.07. The smallest absolute Gasteiger partial charge is 0.252 e. The molecule has 19 heavy (non-hydrogen) atoms. The molecule has 0 radical (unpaired) electrons. The summed E-state index contributed by atoms with van der Waals surface area (Å²) in [6.45, 7) is 1.93. The minimum atomic E-state index is -0.116. The third-order valence-corrected chi connectivity index (χ3v) is 2.69. The molecule has 0 unspecified atom stereocenters. The summed E-state index contributed by atoms with van der Waals surface area (Å²) in [5, 5.41) is 3.67. The second-order valence-corrected chi connectivity index (χ2v) is 4.03. The molecule has 1 amide bonds. The summed E-state index contributed by atoms with van der Waals surface area (Å²) in [6, 6.07) is 9.29. The third kappa shape index (κ3) is 3.49. The van der Waals surface area contributed by atoms with E-state index in [1.807, 2.05) is 24.3 Å². The summed E-state index contributed by atoms with van der Waals surface area (Å²) >= 11 is 0. The van der Waals surface area contributed by atoms with Crippen LogP contribution < -0.4 is 11.1 Å². The van der Waals surface area contributed by atoms with Crippen molar-refractivity contribution in [3.05, 3.63) is 42.1 Å². The molecule has 0 spiro atoms. The number of aromatic nitrogens is 1. The van der Waals surface area contributed by atoms with E-state index in [1.54, 1.807) is 12.3 Å². The lowest BCUT2D eigenvalue weighted by Crippen LogP contribution is -2.28. The number of ether oxygens (including phenoxy) is 1. The summed E-state index contributed by atoms with van der Waals surface area (Å²) in [5.41, 5.74) is 6.75. The number of pyridine rings is 1. The van der Waals surface area contributed by atoms with E-state index in [4.69, 9.17) is 10.5 Å². The van der Waals surface area contributed by atoms with Gasteiger partial charge >= 0.3 is 0 Å². The number of carbonyl (C=O) groups excluding carboxylic acids is 1. The number of nitrogens with zero attached hydrogens (tertiary/aromatic N) is 1. The number of hydrogen-bond donors (Lipinski definition) is 2. The largest absolute Gasteiger partial charge is 0.378 e. The lowest BCUT2D eigenvalue weighted by atomic mass is 10.1. The van der Waals surface area contributed by atoms with Gasteiger partial charge in [0, 0.05) is 24.7 Å². The molecule has 5 heteroatoms. The van der Waals surface area contributed by atoms with Crippen LogP contribution >= 0.6 is 0 Å². The topological polar surface area (TPSA) is 77.2 Å². The van der Waals surface area contributed by atoms with Crippen molar-refractivity contribution in [3.63, 3.8) is 0 Å². The maximum atomic E-state index is 12.1. The third-order valence-electron chi connectivity index (χ3n) is 2.69. The van der Waals surface area contributed by atoms with E-state index >= 15 is 0 Å².